The van der Waals surface area contributed by atoms with Gasteiger partial charge in [0.1, 0.15) is 0 Å². The number of carbonyl (C=O) groups excluding carboxylic acids is 1. The van der Waals surface area contributed by atoms with Crippen LogP contribution in [0.25, 0.3) is 0 Å². The van der Waals surface area contributed by atoms with Gasteiger partial charge in [0.15, 0.2) is 0 Å². The molecule has 3 heteroatoms. The van der Waals surface area contributed by atoms with Crippen LogP contribution in [-0.2, 0) is 4.79 Å². The number of carbonyl (C=O) groups is 1. The van der Waals surface area contributed by atoms with Gasteiger partial charge in [-0.2, -0.15) is 0 Å². The average molecular weight is 260 g/mol. The molecule has 1 unspecified atom stereocenters. The maximum Gasteiger partial charge on any atom is 0.224 e. The first-order chi connectivity index (χ1) is 9.15. The molecule has 0 aromatic heterocycles. The first-order valence-electron chi connectivity index (χ1n) is 7.25. The molecule has 0 radical (unpaired) electrons. The second kappa shape index (κ2) is 6.71. The van der Waals surface area contributed by atoms with Crippen LogP contribution in [-0.4, -0.2) is 19.0 Å². The summed E-state index contributed by atoms with van der Waals surface area (Å²) < 4.78 is 0. The van der Waals surface area contributed by atoms with Crippen LogP contribution in [0.2, 0.25) is 0 Å². The lowest BCUT2D eigenvalue weighted by molar-refractivity contribution is -0.116. The lowest BCUT2D eigenvalue weighted by Crippen LogP contribution is -2.15. The number of anilines is 1. The number of nitrogens with one attached hydrogen (secondary N) is 2. The summed E-state index contributed by atoms with van der Waals surface area (Å²) in [6.45, 7) is 6.51. The summed E-state index contributed by atoms with van der Waals surface area (Å²) in [6.07, 6.45) is 2.82. The van der Waals surface area contributed by atoms with E-state index in [1.807, 2.05) is 12.1 Å². The Kier molecular flexibility index (Phi) is 4.97. The smallest absolute Gasteiger partial charge is 0.224 e. The molecule has 1 heterocycles. The van der Waals surface area contributed by atoms with Crippen molar-refractivity contribution in [3.8, 4) is 0 Å². The van der Waals surface area contributed by atoms with Crippen molar-refractivity contribution < 1.29 is 4.79 Å². The van der Waals surface area contributed by atoms with Crippen LogP contribution in [0.3, 0.4) is 0 Å². The van der Waals surface area contributed by atoms with E-state index in [4.69, 9.17) is 0 Å². The molecule has 1 saturated heterocycles. The summed E-state index contributed by atoms with van der Waals surface area (Å²) in [5.41, 5.74) is 2.20. The third-order valence-electron chi connectivity index (χ3n) is 3.80. The first-order valence-corrected chi connectivity index (χ1v) is 7.25. The van der Waals surface area contributed by atoms with Gasteiger partial charge in [0.25, 0.3) is 0 Å². The summed E-state index contributed by atoms with van der Waals surface area (Å²) in [5.74, 6) is 1.33. The van der Waals surface area contributed by atoms with Gasteiger partial charge in [0.2, 0.25) is 5.91 Å². The van der Waals surface area contributed by atoms with Crippen molar-refractivity contribution in [1.29, 1.82) is 0 Å². The highest BCUT2D eigenvalue weighted by atomic mass is 16.1. The van der Waals surface area contributed by atoms with Crippen molar-refractivity contribution in [2.24, 2.45) is 5.92 Å². The van der Waals surface area contributed by atoms with Gasteiger partial charge in [-0.1, -0.05) is 26.0 Å². The molecule has 19 heavy (non-hydrogen) atoms. The fraction of sp³-hybridized carbons (Fsp3) is 0.562. The molecular formula is C16H24N2O. The van der Waals surface area contributed by atoms with Crippen LogP contribution >= 0.6 is 0 Å². The molecule has 1 amide bonds. The maximum absolute atomic E-state index is 11.9. The van der Waals surface area contributed by atoms with Crippen LogP contribution < -0.4 is 10.6 Å². The van der Waals surface area contributed by atoms with Crippen LogP contribution in [0, 0.1) is 5.92 Å². The van der Waals surface area contributed by atoms with E-state index in [2.05, 4.69) is 36.6 Å². The number of rotatable bonds is 5. The molecule has 1 atom stereocenters. The fourth-order valence-corrected chi connectivity index (χ4v) is 2.47. The summed E-state index contributed by atoms with van der Waals surface area (Å²) >= 11 is 0. The monoisotopic (exact) mass is 260 g/mol. The van der Waals surface area contributed by atoms with E-state index < -0.39 is 0 Å². The molecule has 0 saturated carbocycles. The van der Waals surface area contributed by atoms with Gasteiger partial charge in [-0.15, -0.1) is 0 Å². The predicted molar refractivity (Wildman–Crippen MR) is 79.4 cm³/mol. The maximum atomic E-state index is 11.9. The molecule has 104 valence electrons. The van der Waals surface area contributed by atoms with Crippen molar-refractivity contribution in [3.05, 3.63) is 29.8 Å². The predicted octanol–water partition coefficient (Wildman–Crippen LogP) is 3.14. The number of amides is 1. The molecule has 1 aliphatic heterocycles. The Morgan fingerprint density at radius 1 is 1.37 bits per heavy atom. The quantitative estimate of drug-likeness (QED) is 0.854. The van der Waals surface area contributed by atoms with E-state index in [0.29, 0.717) is 18.3 Å². The van der Waals surface area contributed by atoms with Crippen molar-refractivity contribution in [2.45, 2.75) is 39.0 Å². The van der Waals surface area contributed by atoms with Gasteiger partial charge in [0.05, 0.1) is 0 Å². The summed E-state index contributed by atoms with van der Waals surface area (Å²) in [7, 11) is 0. The SMILES string of the molecule is CC(C)c1ccc(NC(=O)CCC2CCNC2)cc1. The Labute approximate surface area is 115 Å². The van der Waals surface area contributed by atoms with Crippen LogP contribution in [0.15, 0.2) is 24.3 Å². The molecule has 1 aromatic carbocycles. The molecule has 0 bridgehead atoms. The molecule has 0 spiro atoms. The molecule has 1 aromatic rings. The summed E-state index contributed by atoms with van der Waals surface area (Å²) in [6, 6.07) is 8.15. The normalized spacial score (nSPS) is 18.8. The van der Waals surface area contributed by atoms with Crippen LogP contribution in [0.1, 0.15) is 44.6 Å². The lowest BCUT2D eigenvalue weighted by Gasteiger charge is -2.10. The topological polar surface area (TPSA) is 41.1 Å². The van der Waals surface area contributed by atoms with Gasteiger partial charge in [-0.25, -0.2) is 0 Å². The van der Waals surface area contributed by atoms with Crippen molar-refractivity contribution in [3.63, 3.8) is 0 Å². The highest BCUT2D eigenvalue weighted by molar-refractivity contribution is 5.90. The highest BCUT2D eigenvalue weighted by Crippen LogP contribution is 2.18. The van der Waals surface area contributed by atoms with Gasteiger partial charge in [0, 0.05) is 12.1 Å². The van der Waals surface area contributed by atoms with E-state index in [-0.39, 0.29) is 5.91 Å². The lowest BCUT2D eigenvalue weighted by atomic mass is 10.0. The third-order valence-corrected chi connectivity index (χ3v) is 3.80. The highest BCUT2D eigenvalue weighted by Gasteiger charge is 2.15. The van der Waals surface area contributed by atoms with Gasteiger partial charge in [-0.3, -0.25) is 4.79 Å². The Morgan fingerprint density at radius 3 is 2.68 bits per heavy atom. The molecule has 3 nitrogen and oxygen atoms in total. The minimum absolute atomic E-state index is 0.129. The molecule has 2 rings (SSSR count). The number of hydrogen-bond donors (Lipinski definition) is 2. The van der Waals surface area contributed by atoms with Gasteiger partial charge in [-0.05, 0) is 55.5 Å². The second-order valence-electron chi connectivity index (χ2n) is 5.72. The molecule has 0 aliphatic carbocycles. The second-order valence-corrected chi connectivity index (χ2v) is 5.72. The van der Waals surface area contributed by atoms with Crippen molar-refractivity contribution >= 4 is 11.6 Å². The largest absolute Gasteiger partial charge is 0.326 e. The summed E-state index contributed by atoms with van der Waals surface area (Å²) in [4.78, 5) is 11.9. The Bertz CT molecular complexity index is 405. The van der Waals surface area contributed by atoms with E-state index in [9.17, 15) is 4.79 Å². The van der Waals surface area contributed by atoms with Crippen molar-refractivity contribution in [1.82, 2.24) is 5.32 Å². The Hall–Kier alpha value is -1.35. The van der Waals surface area contributed by atoms with Crippen molar-refractivity contribution in [2.75, 3.05) is 18.4 Å². The van der Waals surface area contributed by atoms with Crippen LogP contribution in [0.4, 0.5) is 5.69 Å². The fourth-order valence-electron chi connectivity index (χ4n) is 2.47. The van der Waals surface area contributed by atoms with E-state index in [0.717, 1.165) is 25.2 Å². The Morgan fingerprint density at radius 2 is 2.11 bits per heavy atom. The zero-order valence-corrected chi connectivity index (χ0v) is 11.9. The molecule has 1 fully saturated rings. The third kappa shape index (κ3) is 4.35. The van der Waals surface area contributed by atoms with E-state index >= 15 is 0 Å². The zero-order chi connectivity index (χ0) is 13.7. The molecule has 1 aliphatic rings. The zero-order valence-electron chi connectivity index (χ0n) is 11.9. The van der Waals surface area contributed by atoms with Crippen LogP contribution in [0.5, 0.6) is 0 Å². The average Bonchev–Trinajstić information content (AvgIpc) is 2.90. The standard InChI is InChI=1S/C16H24N2O/c1-12(2)14-4-6-15(7-5-14)18-16(19)8-3-13-9-10-17-11-13/h4-7,12-13,17H,3,8-11H2,1-2H3,(H,18,19). The van der Waals surface area contributed by atoms with E-state index in [1.165, 1.54) is 12.0 Å². The minimum Gasteiger partial charge on any atom is -0.326 e. The van der Waals surface area contributed by atoms with E-state index in [1.54, 1.807) is 0 Å². The number of benzene rings is 1. The summed E-state index contributed by atoms with van der Waals surface area (Å²) in [5, 5.41) is 6.30. The minimum atomic E-state index is 0.129. The molecule has 2 N–H and O–H groups in total. The van der Waals surface area contributed by atoms with Gasteiger partial charge < -0.3 is 10.6 Å². The number of hydrogen-bond acceptors (Lipinski definition) is 2. The Balaban J connectivity index is 1.77. The molecular weight excluding hydrogens is 236 g/mol. The van der Waals surface area contributed by atoms with Gasteiger partial charge >= 0.3 is 0 Å². The first kappa shape index (κ1) is 14.1.